The van der Waals surface area contributed by atoms with Crippen LogP contribution in [0.25, 0.3) is 0 Å². The van der Waals surface area contributed by atoms with Gasteiger partial charge in [0.2, 0.25) is 0 Å². The van der Waals surface area contributed by atoms with E-state index in [-0.39, 0.29) is 5.56 Å². The highest BCUT2D eigenvalue weighted by molar-refractivity contribution is 8.01. The summed E-state index contributed by atoms with van der Waals surface area (Å²) in [5.74, 6) is -0.551. The zero-order chi connectivity index (χ0) is 12.3. The molecule has 2 N–H and O–H groups in total. The fourth-order valence-corrected chi connectivity index (χ4v) is 2.77. The molecule has 1 unspecified atom stereocenters. The van der Waals surface area contributed by atoms with Crippen molar-refractivity contribution in [2.24, 2.45) is 5.73 Å². The van der Waals surface area contributed by atoms with Crippen LogP contribution in [-0.2, 0) is 0 Å². The molecule has 3 nitrogen and oxygen atoms in total. The minimum atomic E-state index is -0.570. The van der Waals surface area contributed by atoms with Crippen LogP contribution < -0.4 is 5.73 Å². The summed E-state index contributed by atoms with van der Waals surface area (Å²) in [5, 5.41) is 7.51. The van der Waals surface area contributed by atoms with Crippen LogP contribution in [0.15, 0.2) is 28.0 Å². The van der Waals surface area contributed by atoms with Gasteiger partial charge in [0.15, 0.2) is 4.34 Å². The maximum atomic E-state index is 13.4. The van der Waals surface area contributed by atoms with Crippen LogP contribution in [0.1, 0.15) is 11.6 Å². The van der Waals surface area contributed by atoms with Crippen molar-refractivity contribution in [1.29, 1.82) is 0 Å². The first-order chi connectivity index (χ1) is 8.16. The fraction of sp³-hybridized carbons (Fsp3) is 0.200. The zero-order valence-corrected chi connectivity index (χ0v) is 10.3. The van der Waals surface area contributed by atoms with Crippen molar-refractivity contribution in [3.63, 3.8) is 0 Å². The number of nitrogens with two attached hydrogens (primary N) is 1. The van der Waals surface area contributed by atoms with Crippen LogP contribution in [0.3, 0.4) is 0 Å². The van der Waals surface area contributed by atoms with Gasteiger partial charge in [-0.05, 0) is 18.2 Å². The van der Waals surface area contributed by atoms with Gasteiger partial charge in [-0.15, -0.1) is 10.2 Å². The molecule has 0 saturated carbocycles. The highest BCUT2D eigenvalue weighted by Crippen LogP contribution is 2.25. The summed E-state index contributed by atoms with van der Waals surface area (Å²) >= 11 is 2.76. The smallest absolute Gasteiger partial charge is 0.174 e. The average Bonchev–Trinajstić information content (AvgIpc) is 2.82. The molecule has 0 bridgehead atoms. The lowest BCUT2D eigenvalue weighted by atomic mass is 10.1. The summed E-state index contributed by atoms with van der Waals surface area (Å²) < 4.78 is 27.1. The van der Waals surface area contributed by atoms with Gasteiger partial charge in [-0.1, -0.05) is 23.1 Å². The number of halogens is 2. The fourth-order valence-electron chi connectivity index (χ4n) is 1.28. The van der Waals surface area contributed by atoms with Crippen molar-refractivity contribution in [1.82, 2.24) is 10.2 Å². The molecule has 0 radical (unpaired) electrons. The van der Waals surface area contributed by atoms with Crippen molar-refractivity contribution in [3.8, 4) is 0 Å². The SMILES string of the molecule is NC(CSc1nncs1)c1cc(F)ccc1F. The van der Waals surface area contributed by atoms with Gasteiger partial charge in [-0.25, -0.2) is 8.78 Å². The van der Waals surface area contributed by atoms with Gasteiger partial charge >= 0.3 is 0 Å². The van der Waals surface area contributed by atoms with Crippen LogP contribution in [0.4, 0.5) is 8.78 Å². The Morgan fingerprint density at radius 1 is 1.41 bits per heavy atom. The topological polar surface area (TPSA) is 51.8 Å². The van der Waals surface area contributed by atoms with Gasteiger partial charge in [0.1, 0.15) is 17.1 Å². The third-order valence-electron chi connectivity index (χ3n) is 2.08. The summed E-state index contributed by atoms with van der Waals surface area (Å²) in [6, 6.07) is 2.71. The summed E-state index contributed by atoms with van der Waals surface area (Å²) in [6.07, 6.45) is 0. The Morgan fingerprint density at radius 2 is 2.24 bits per heavy atom. The molecule has 1 atom stereocenters. The molecule has 1 aromatic heterocycles. The molecule has 0 fully saturated rings. The molecule has 0 amide bonds. The first-order valence-electron chi connectivity index (χ1n) is 4.76. The van der Waals surface area contributed by atoms with Crippen molar-refractivity contribution in [2.45, 2.75) is 10.4 Å². The summed E-state index contributed by atoms with van der Waals surface area (Å²) in [4.78, 5) is 0. The molecule has 0 saturated heterocycles. The molecule has 0 aliphatic heterocycles. The molecule has 0 spiro atoms. The lowest BCUT2D eigenvalue weighted by Crippen LogP contribution is -2.15. The molecular weight excluding hydrogens is 264 g/mol. The van der Waals surface area contributed by atoms with Crippen LogP contribution in [-0.4, -0.2) is 16.0 Å². The number of benzene rings is 1. The lowest BCUT2D eigenvalue weighted by Gasteiger charge is -2.11. The van der Waals surface area contributed by atoms with E-state index in [1.807, 2.05) is 0 Å². The number of nitrogens with zero attached hydrogens (tertiary/aromatic N) is 2. The molecule has 17 heavy (non-hydrogen) atoms. The maximum absolute atomic E-state index is 13.4. The quantitative estimate of drug-likeness (QED) is 0.870. The Balaban J connectivity index is 2.04. The second-order valence-electron chi connectivity index (χ2n) is 3.29. The molecule has 7 heteroatoms. The predicted molar refractivity (Wildman–Crippen MR) is 63.9 cm³/mol. The van der Waals surface area contributed by atoms with Crippen LogP contribution >= 0.6 is 23.1 Å². The number of thioether (sulfide) groups is 1. The van der Waals surface area contributed by atoms with E-state index in [9.17, 15) is 8.78 Å². The Morgan fingerprint density at radius 3 is 2.94 bits per heavy atom. The second-order valence-corrected chi connectivity index (χ2v) is 5.39. The van der Waals surface area contributed by atoms with Gasteiger partial charge in [0, 0.05) is 17.4 Å². The minimum Gasteiger partial charge on any atom is -0.323 e. The Bertz CT molecular complexity index is 490. The Hall–Kier alpha value is -1.05. The van der Waals surface area contributed by atoms with E-state index in [1.54, 1.807) is 5.51 Å². The summed E-state index contributed by atoms with van der Waals surface area (Å²) in [7, 11) is 0. The Labute approximate surface area is 105 Å². The highest BCUT2D eigenvalue weighted by atomic mass is 32.2. The molecular formula is C10H9F2N3S2. The minimum absolute atomic E-state index is 0.182. The van der Waals surface area contributed by atoms with Gasteiger partial charge in [-0.3, -0.25) is 0 Å². The normalized spacial score (nSPS) is 12.6. The zero-order valence-electron chi connectivity index (χ0n) is 8.64. The molecule has 2 aromatic rings. The van der Waals surface area contributed by atoms with Gasteiger partial charge in [0.25, 0.3) is 0 Å². The molecule has 90 valence electrons. The first kappa shape index (κ1) is 12.4. The van der Waals surface area contributed by atoms with Crippen LogP contribution in [0, 0.1) is 11.6 Å². The van der Waals surface area contributed by atoms with Crippen molar-refractivity contribution in [3.05, 3.63) is 40.9 Å². The lowest BCUT2D eigenvalue weighted by molar-refractivity contribution is 0.573. The number of rotatable bonds is 4. The number of hydrogen-bond donors (Lipinski definition) is 1. The standard InChI is InChI=1S/C10H9F2N3S2/c11-6-1-2-8(12)7(3-6)9(13)4-16-10-15-14-5-17-10/h1-3,5,9H,4,13H2. The molecule has 2 rings (SSSR count). The van der Waals surface area contributed by atoms with Gasteiger partial charge in [-0.2, -0.15) is 0 Å². The van der Waals surface area contributed by atoms with E-state index in [2.05, 4.69) is 10.2 Å². The third-order valence-corrected chi connectivity index (χ3v) is 4.06. The summed E-state index contributed by atoms with van der Waals surface area (Å²) in [6.45, 7) is 0. The van der Waals surface area contributed by atoms with E-state index in [1.165, 1.54) is 23.1 Å². The number of aromatic nitrogens is 2. The second kappa shape index (κ2) is 5.52. The largest absolute Gasteiger partial charge is 0.323 e. The van der Waals surface area contributed by atoms with Gasteiger partial charge < -0.3 is 5.73 Å². The summed E-state index contributed by atoms with van der Waals surface area (Å²) in [5.41, 5.74) is 7.60. The van der Waals surface area contributed by atoms with E-state index >= 15 is 0 Å². The van der Waals surface area contributed by atoms with Crippen LogP contribution in [0.5, 0.6) is 0 Å². The van der Waals surface area contributed by atoms with E-state index in [0.717, 1.165) is 22.5 Å². The molecule has 1 heterocycles. The van der Waals surface area contributed by atoms with E-state index < -0.39 is 17.7 Å². The third kappa shape index (κ3) is 3.21. The highest BCUT2D eigenvalue weighted by Gasteiger charge is 2.13. The van der Waals surface area contributed by atoms with E-state index in [4.69, 9.17) is 5.73 Å². The maximum Gasteiger partial charge on any atom is 0.174 e. The van der Waals surface area contributed by atoms with E-state index in [0.29, 0.717) is 5.75 Å². The first-order valence-corrected chi connectivity index (χ1v) is 6.63. The number of hydrogen-bond acceptors (Lipinski definition) is 5. The monoisotopic (exact) mass is 273 g/mol. The Kier molecular flexibility index (Phi) is 4.03. The predicted octanol–water partition coefficient (Wildman–Crippen LogP) is 2.61. The van der Waals surface area contributed by atoms with Gasteiger partial charge in [0.05, 0.1) is 0 Å². The van der Waals surface area contributed by atoms with Crippen molar-refractivity contribution >= 4 is 23.1 Å². The van der Waals surface area contributed by atoms with Crippen LogP contribution in [0.2, 0.25) is 0 Å². The van der Waals surface area contributed by atoms with Crippen molar-refractivity contribution < 1.29 is 8.78 Å². The molecule has 0 aliphatic carbocycles. The average molecular weight is 273 g/mol. The molecule has 0 aliphatic rings. The molecule has 1 aromatic carbocycles. The van der Waals surface area contributed by atoms with Crippen molar-refractivity contribution in [2.75, 3.05) is 5.75 Å².